The quantitative estimate of drug-likeness (QED) is 0.847. The van der Waals surface area contributed by atoms with Crippen molar-refractivity contribution in [1.29, 1.82) is 0 Å². The monoisotopic (exact) mass is 341 g/mol. The molecule has 0 N–H and O–H groups in total. The number of rotatable bonds is 3. The van der Waals surface area contributed by atoms with E-state index in [0.29, 0.717) is 18.2 Å². The van der Waals surface area contributed by atoms with Gasteiger partial charge in [0.05, 0.1) is 23.1 Å². The lowest BCUT2D eigenvalue weighted by atomic mass is 9.94. The number of thiazole rings is 1. The summed E-state index contributed by atoms with van der Waals surface area (Å²) in [6.45, 7) is 8.11. The lowest BCUT2D eigenvalue weighted by Crippen LogP contribution is -2.50. The van der Waals surface area contributed by atoms with Crippen molar-refractivity contribution < 1.29 is 9.59 Å². The summed E-state index contributed by atoms with van der Waals surface area (Å²) >= 11 is 3.22. The molecule has 1 fully saturated rings. The van der Waals surface area contributed by atoms with Crippen molar-refractivity contribution in [3.8, 4) is 0 Å². The second kappa shape index (κ2) is 6.58. The molecule has 0 radical (unpaired) electrons. The van der Waals surface area contributed by atoms with Gasteiger partial charge in [-0.1, -0.05) is 20.8 Å². The van der Waals surface area contributed by atoms with Crippen LogP contribution in [0, 0.1) is 12.3 Å². The molecule has 5 nitrogen and oxygen atoms in total. The van der Waals surface area contributed by atoms with Crippen LogP contribution in [0.3, 0.4) is 0 Å². The number of aryl methyl sites for hydroxylation is 1. The summed E-state index contributed by atoms with van der Waals surface area (Å²) in [4.78, 5) is 33.0. The molecule has 1 aromatic rings. The lowest BCUT2D eigenvalue weighted by Gasteiger charge is -2.31. The van der Waals surface area contributed by atoms with Crippen LogP contribution in [0.5, 0.6) is 0 Å². The van der Waals surface area contributed by atoms with E-state index >= 15 is 0 Å². The van der Waals surface area contributed by atoms with Crippen molar-refractivity contribution in [1.82, 2.24) is 14.8 Å². The van der Waals surface area contributed by atoms with E-state index in [-0.39, 0.29) is 17.9 Å². The first-order valence-electron chi connectivity index (χ1n) is 7.25. The lowest BCUT2D eigenvalue weighted by molar-refractivity contribution is -0.147. The molecule has 2 rings (SSSR count). The van der Waals surface area contributed by atoms with Gasteiger partial charge in [0.15, 0.2) is 0 Å². The third kappa shape index (κ3) is 3.81. The SMILES string of the molecule is Cc1nc(CN(C)C(=O)C2CSCN2C(=O)C(C)(C)C)cs1. The first-order chi connectivity index (χ1) is 10.2. The molecule has 2 amide bonds. The van der Waals surface area contributed by atoms with Crippen molar-refractivity contribution >= 4 is 34.9 Å². The maximum atomic E-state index is 12.7. The molecule has 122 valence electrons. The van der Waals surface area contributed by atoms with Crippen LogP contribution in [-0.4, -0.2) is 51.3 Å². The summed E-state index contributed by atoms with van der Waals surface area (Å²) in [5.74, 6) is 1.29. The van der Waals surface area contributed by atoms with E-state index in [1.54, 1.807) is 39.9 Å². The molecule has 7 heteroatoms. The van der Waals surface area contributed by atoms with Gasteiger partial charge in [0, 0.05) is 23.6 Å². The highest BCUT2D eigenvalue weighted by atomic mass is 32.2. The van der Waals surface area contributed by atoms with Crippen molar-refractivity contribution in [3.63, 3.8) is 0 Å². The fourth-order valence-corrected chi connectivity index (χ4v) is 4.08. The summed E-state index contributed by atoms with van der Waals surface area (Å²) in [7, 11) is 1.78. The third-order valence-electron chi connectivity index (χ3n) is 3.51. The number of carbonyl (C=O) groups is 2. The van der Waals surface area contributed by atoms with E-state index in [9.17, 15) is 9.59 Å². The molecule has 2 heterocycles. The minimum Gasteiger partial charge on any atom is -0.338 e. The summed E-state index contributed by atoms with van der Waals surface area (Å²) in [6.07, 6.45) is 0. The number of carbonyl (C=O) groups excluding carboxylic acids is 2. The number of amides is 2. The van der Waals surface area contributed by atoms with Gasteiger partial charge in [-0.15, -0.1) is 23.1 Å². The molecule has 1 unspecified atom stereocenters. The molecule has 0 saturated carbocycles. The molecule has 1 aliphatic heterocycles. The van der Waals surface area contributed by atoms with Gasteiger partial charge < -0.3 is 9.80 Å². The van der Waals surface area contributed by atoms with Gasteiger partial charge in [-0.2, -0.15) is 0 Å². The van der Waals surface area contributed by atoms with Crippen LogP contribution in [0.1, 0.15) is 31.5 Å². The first kappa shape index (κ1) is 17.3. The van der Waals surface area contributed by atoms with Crippen molar-refractivity contribution in [2.24, 2.45) is 5.41 Å². The fourth-order valence-electron chi connectivity index (χ4n) is 2.33. The molecule has 1 atom stereocenters. The number of nitrogens with zero attached hydrogens (tertiary/aromatic N) is 3. The second-order valence-electron chi connectivity index (χ2n) is 6.59. The minimum atomic E-state index is -0.464. The van der Waals surface area contributed by atoms with Gasteiger partial charge in [-0.3, -0.25) is 9.59 Å². The van der Waals surface area contributed by atoms with E-state index in [4.69, 9.17) is 0 Å². The molecule has 1 aliphatic rings. The molecule has 1 aromatic heterocycles. The van der Waals surface area contributed by atoms with Crippen LogP contribution in [0.2, 0.25) is 0 Å². The molecular formula is C15H23N3O2S2. The maximum Gasteiger partial charge on any atom is 0.246 e. The standard InChI is InChI=1S/C15H23N3O2S2/c1-10-16-11(7-22-10)6-17(5)13(19)12-8-21-9-18(12)14(20)15(2,3)4/h7,12H,6,8-9H2,1-5H3. The molecule has 22 heavy (non-hydrogen) atoms. The van der Waals surface area contributed by atoms with Crippen LogP contribution >= 0.6 is 23.1 Å². The Bertz CT molecular complexity index is 565. The zero-order valence-electron chi connectivity index (χ0n) is 13.8. The Morgan fingerprint density at radius 2 is 2.14 bits per heavy atom. The highest BCUT2D eigenvalue weighted by Crippen LogP contribution is 2.28. The largest absolute Gasteiger partial charge is 0.338 e. The molecule has 0 aliphatic carbocycles. The van der Waals surface area contributed by atoms with Gasteiger partial charge in [0.1, 0.15) is 6.04 Å². The Balaban J connectivity index is 2.05. The highest BCUT2D eigenvalue weighted by Gasteiger charge is 2.40. The molecule has 0 spiro atoms. The van der Waals surface area contributed by atoms with Crippen LogP contribution in [-0.2, 0) is 16.1 Å². The number of hydrogen-bond acceptors (Lipinski definition) is 5. The van der Waals surface area contributed by atoms with Crippen LogP contribution in [0.4, 0.5) is 0 Å². The van der Waals surface area contributed by atoms with Gasteiger partial charge in [0.2, 0.25) is 11.8 Å². The summed E-state index contributed by atoms with van der Waals surface area (Å²) < 4.78 is 0. The molecule has 0 aromatic carbocycles. The van der Waals surface area contributed by atoms with Crippen LogP contribution in [0.15, 0.2) is 5.38 Å². The average molecular weight is 342 g/mol. The normalized spacial score (nSPS) is 18.6. The second-order valence-corrected chi connectivity index (χ2v) is 8.65. The van der Waals surface area contributed by atoms with E-state index in [0.717, 1.165) is 10.7 Å². The van der Waals surface area contributed by atoms with Gasteiger partial charge in [-0.05, 0) is 6.92 Å². The Kier molecular flexibility index (Phi) is 5.17. The average Bonchev–Trinajstić information content (AvgIpc) is 3.04. The molecular weight excluding hydrogens is 318 g/mol. The topological polar surface area (TPSA) is 53.5 Å². The Morgan fingerprint density at radius 3 is 2.68 bits per heavy atom. The predicted molar refractivity (Wildman–Crippen MR) is 90.7 cm³/mol. The number of thioether (sulfide) groups is 1. The van der Waals surface area contributed by atoms with Crippen LogP contribution < -0.4 is 0 Å². The smallest absolute Gasteiger partial charge is 0.246 e. The summed E-state index contributed by atoms with van der Waals surface area (Å²) in [6, 6.07) is -0.360. The van der Waals surface area contributed by atoms with Gasteiger partial charge >= 0.3 is 0 Å². The van der Waals surface area contributed by atoms with E-state index in [2.05, 4.69) is 4.98 Å². The maximum absolute atomic E-state index is 12.7. The van der Waals surface area contributed by atoms with Gasteiger partial charge in [-0.25, -0.2) is 4.98 Å². The van der Waals surface area contributed by atoms with Crippen LogP contribution in [0.25, 0.3) is 0 Å². The van der Waals surface area contributed by atoms with E-state index in [1.807, 2.05) is 33.1 Å². The van der Waals surface area contributed by atoms with Crippen molar-refractivity contribution in [2.45, 2.75) is 40.3 Å². The van der Waals surface area contributed by atoms with Crippen molar-refractivity contribution in [3.05, 3.63) is 16.1 Å². The zero-order valence-corrected chi connectivity index (χ0v) is 15.4. The summed E-state index contributed by atoms with van der Waals surface area (Å²) in [5.41, 5.74) is 0.436. The summed E-state index contributed by atoms with van der Waals surface area (Å²) in [5, 5.41) is 2.97. The van der Waals surface area contributed by atoms with E-state index in [1.165, 1.54) is 0 Å². The Hall–Kier alpha value is -1.08. The first-order valence-corrected chi connectivity index (χ1v) is 9.28. The number of likely N-dealkylation sites (N-methyl/N-ethyl adjacent to an activating group) is 1. The fraction of sp³-hybridized carbons (Fsp3) is 0.667. The zero-order chi connectivity index (χ0) is 16.5. The Morgan fingerprint density at radius 1 is 1.45 bits per heavy atom. The number of hydrogen-bond donors (Lipinski definition) is 0. The highest BCUT2D eigenvalue weighted by molar-refractivity contribution is 7.99. The number of aromatic nitrogens is 1. The third-order valence-corrected chi connectivity index (χ3v) is 5.35. The van der Waals surface area contributed by atoms with E-state index < -0.39 is 5.41 Å². The molecule has 0 bridgehead atoms. The minimum absolute atomic E-state index is 0.00625. The predicted octanol–water partition coefficient (Wildman–Crippen LogP) is 2.36. The van der Waals surface area contributed by atoms with Crippen molar-refractivity contribution in [2.75, 3.05) is 18.7 Å². The van der Waals surface area contributed by atoms with Gasteiger partial charge in [0.25, 0.3) is 0 Å². The Labute approximate surface area is 140 Å². The molecule has 1 saturated heterocycles.